The van der Waals surface area contributed by atoms with Crippen LogP contribution in [0.15, 0.2) is 29.2 Å². The van der Waals surface area contributed by atoms with Crippen LogP contribution in [-0.4, -0.2) is 11.9 Å². The molecule has 1 aromatic rings. The molecule has 0 aromatic heterocycles. The fraction of sp³-hybridized carbons (Fsp3) is 0.250. The molecule has 0 N–H and O–H groups in total. The maximum Gasteiger partial charge on any atom is 0.398 e. The third-order valence-electron chi connectivity index (χ3n) is 1.22. The van der Waals surface area contributed by atoms with Crippen LogP contribution in [0.3, 0.4) is 0 Å². The Balaban J connectivity index is 2.51. The Morgan fingerprint density at radius 3 is 2.15 bits per heavy atom. The minimum Gasteiger partial charge on any atom is -0.170 e. The number of hydrogen-bond donors (Lipinski definition) is 0. The molecule has 0 radical (unpaired) electrons. The molecular formula is C8H6ClF3S. The van der Waals surface area contributed by atoms with E-state index in [2.05, 4.69) is 0 Å². The van der Waals surface area contributed by atoms with Crippen molar-refractivity contribution in [3.8, 4) is 0 Å². The molecule has 0 aliphatic rings. The molecule has 0 aliphatic carbocycles. The van der Waals surface area contributed by atoms with Crippen LogP contribution < -0.4 is 0 Å². The number of thioether (sulfide) groups is 1. The smallest absolute Gasteiger partial charge is 0.170 e. The third-order valence-corrected chi connectivity index (χ3v) is 2.55. The van der Waals surface area contributed by atoms with E-state index in [9.17, 15) is 13.2 Å². The van der Waals surface area contributed by atoms with Gasteiger partial charge in [0.1, 0.15) is 0 Å². The molecule has 5 heteroatoms. The maximum atomic E-state index is 11.8. The Hall–Kier alpha value is -0.350. The molecule has 0 saturated heterocycles. The van der Waals surface area contributed by atoms with Gasteiger partial charge >= 0.3 is 6.18 Å². The van der Waals surface area contributed by atoms with Crippen molar-refractivity contribution in [1.29, 1.82) is 0 Å². The summed E-state index contributed by atoms with van der Waals surface area (Å²) in [4.78, 5) is 0.571. The number of alkyl halides is 3. The van der Waals surface area contributed by atoms with E-state index < -0.39 is 11.9 Å². The van der Waals surface area contributed by atoms with Crippen molar-refractivity contribution in [2.75, 3.05) is 5.75 Å². The second-order valence-electron chi connectivity index (χ2n) is 2.36. The molecule has 0 atom stereocenters. The van der Waals surface area contributed by atoms with Crippen LogP contribution in [0.2, 0.25) is 5.02 Å². The zero-order valence-corrected chi connectivity index (χ0v) is 8.01. The zero-order chi connectivity index (χ0) is 9.90. The van der Waals surface area contributed by atoms with Gasteiger partial charge in [0.25, 0.3) is 0 Å². The van der Waals surface area contributed by atoms with E-state index in [0.717, 1.165) is 11.8 Å². The van der Waals surface area contributed by atoms with Gasteiger partial charge < -0.3 is 0 Å². The summed E-state index contributed by atoms with van der Waals surface area (Å²) in [5.41, 5.74) is 0. The van der Waals surface area contributed by atoms with Gasteiger partial charge in [-0.25, -0.2) is 0 Å². The van der Waals surface area contributed by atoms with Gasteiger partial charge in [0.15, 0.2) is 0 Å². The molecule has 0 fully saturated rings. The average Bonchev–Trinajstić information content (AvgIpc) is 2.02. The van der Waals surface area contributed by atoms with Gasteiger partial charge in [-0.2, -0.15) is 13.2 Å². The van der Waals surface area contributed by atoms with E-state index in [0.29, 0.717) is 9.92 Å². The predicted octanol–water partition coefficient (Wildman–Crippen LogP) is 3.99. The Kier molecular flexibility index (Phi) is 3.50. The van der Waals surface area contributed by atoms with Gasteiger partial charge in [-0.05, 0) is 24.3 Å². The van der Waals surface area contributed by atoms with Crippen molar-refractivity contribution < 1.29 is 13.2 Å². The van der Waals surface area contributed by atoms with Crippen LogP contribution in [-0.2, 0) is 0 Å². The van der Waals surface area contributed by atoms with E-state index in [1.807, 2.05) is 0 Å². The van der Waals surface area contributed by atoms with Crippen LogP contribution in [0.4, 0.5) is 13.2 Å². The zero-order valence-electron chi connectivity index (χ0n) is 6.44. The lowest BCUT2D eigenvalue weighted by Crippen LogP contribution is -2.10. The summed E-state index contributed by atoms with van der Waals surface area (Å²) in [7, 11) is 0. The van der Waals surface area contributed by atoms with Crippen molar-refractivity contribution in [2.45, 2.75) is 11.1 Å². The summed E-state index contributed by atoms with van der Waals surface area (Å²) in [6, 6.07) is 6.28. The van der Waals surface area contributed by atoms with Crippen molar-refractivity contribution >= 4 is 23.4 Å². The first-order valence-electron chi connectivity index (χ1n) is 3.42. The molecule has 72 valence electrons. The minimum atomic E-state index is -4.12. The Labute approximate surface area is 83.1 Å². The molecule has 0 heterocycles. The van der Waals surface area contributed by atoms with Gasteiger partial charge in [-0.3, -0.25) is 0 Å². The lowest BCUT2D eigenvalue weighted by atomic mass is 10.4. The number of hydrogen-bond acceptors (Lipinski definition) is 1. The fourth-order valence-corrected chi connectivity index (χ4v) is 1.48. The standard InChI is InChI=1S/C8H6ClF3S/c9-6-1-3-7(4-2-6)13-5-8(10,11)12/h1-4H,5H2. The summed E-state index contributed by atoms with van der Waals surface area (Å²) in [5.74, 6) is -0.866. The molecule has 1 rings (SSSR count). The first-order chi connectivity index (χ1) is 5.97. The largest absolute Gasteiger partial charge is 0.398 e. The van der Waals surface area contributed by atoms with Gasteiger partial charge in [0.2, 0.25) is 0 Å². The van der Waals surface area contributed by atoms with Gasteiger partial charge in [-0.1, -0.05) is 11.6 Å². The van der Waals surface area contributed by atoms with Gasteiger partial charge in [0, 0.05) is 9.92 Å². The second kappa shape index (κ2) is 4.24. The van der Waals surface area contributed by atoms with Crippen molar-refractivity contribution in [2.24, 2.45) is 0 Å². The Morgan fingerprint density at radius 1 is 1.15 bits per heavy atom. The van der Waals surface area contributed by atoms with Crippen LogP contribution in [0.1, 0.15) is 0 Å². The molecule has 0 spiro atoms. The highest BCUT2D eigenvalue weighted by Crippen LogP contribution is 2.27. The third kappa shape index (κ3) is 4.43. The van der Waals surface area contributed by atoms with Crippen molar-refractivity contribution in [3.63, 3.8) is 0 Å². The van der Waals surface area contributed by atoms with Gasteiger partial charge in [-0.15, -0.1) is 11.8 Å². The quantitative estimate of drug-likeness (QED) is 0.687. The van der Waals surface area contributed by atoms with Crippen molar-refractivity contribution in [3.05, 3.63) is 29.3 Å². The monoisotopic (exact) mass is 226 g/mol. The Bertz CT molecular complexity index is 268. The molecule has 0 amide bonds. The van der Waals surface area contributed by atoms with E-state index in [1.165, 1.54) is 0 Å². The molecule has 0 saturated carbocycles. The van der Waals surface area contributed by atoms with E-state index in [4.69, 9.17) is 11.6 Å². The maximum absolute atomic E-state index is 11.8. The van der Waals surface area contributed by atoms with Crippen LogP contribution in [0.5, 0.6) is 0 Å². The summed E-state index contributed by atoms with van der Waals surface area (Å²) in [5, 5.41) is 0.524. The van der Waals surface area contributed by atoms with Crippen molar-refractivity contribution in [1.82, 2.24) is 0 Å². The first-order valence-corrected chi connectivity index (χ1v) is 4.79. The molecular weight excluding hydrogens is 221 g/mol. The number of rotatable bonds is 2. The lowest BCUT2D eigenvalue weighted by Gasteiger charge is -2.05. The molecule has 13 heavy (non-hydrogen) atoms. The molecule has 0 nitrogen and oxygen atoms in total. The summed E-state index contributed by atoms with van der Waals surface area (Å²) in [6.07, 6.45) is -4.12. The average molecular weight is 227 g/mol. The molecule has 0 aliphatic heterocycles. The first kappa shape index (κ1) is 10.7. The van der Waals surface area contributed by atoms with E-state index in [-0.39, 0.29) is 0 Å². The van der Waals surface area contributed by atoms with Gasteiger partial charge in [0.05, 0.1) is 5.75 Å². The highest BCUT2D eigenvalue weighted by atomic mass is 35.5. The second-order valence-corrected chi connectivity index (χ2v) is 3.84. The summed E-state index contributed by atoms with van der Waals surface area (Å²) in [6.45, 7) is 0. The summed E-state index contributed by atoms with van der Waals surface area (Å²) < 4.78 is 35.3. The fourth-order valence-electron chi connectivity index (χ4n) is 0.696. The highest BCUT2D eigenvalue weighted by Gasteiger charge is 2.26. The lowest BCUT2D eigenvalue weighted by molar-refractivity contribution is -0.105. The topological polar surface area (TPSA) is 0 Å². The SMILES string of the molecule is FC(F)(F)CSc1ccc(Cl)cc1. The van der Waals surface area contributed by atoms with Crippen LogP contribution in [0, 0.1) is 0 Å². The number of benzene rings is 1. The van der Waals surface area contributed by atoms with Crippen LogP contribution >= 0.6 is 23.4 Å². The summed E-state index contributed by atoms with van der Waals surface area (Å²) >= 11 is 6.32. The normalized spacial score (nSPS) is 11.7. The molecule has 0 bridgehead atoms. The Morgan fingerprint density at radius 2 is 1.69 bits per heavy atom. The van der Waals surface area contributed by atoms with E-state index >= 15 is 0 Å². The number of halogens is 4. The minimum absolute atomic E-state index is 0.524. The molecule has 0 unspecified atom stereocenters. The van der Waals surface area contributed by atoms with Crippen LogP contribution in [0.25, 0.3) is 0 Å². The highest BCUT2D eigenvalue weighted by molar-refractivity contribution is 7.99. The predicted molar refractivity (Wildman–Crippen MR) is 48.2 cm³/mol. The van der Waals surface area contributed by atoms with E-state index in [1.54, 1.807) is 24.3 Å². The molecule has 1 aromatic carbocycles.